The third-order valence-electron chi connectivity index (χ3n) is 2.89. The van der Waals surface area contributed by atoms with Crippen LogP contribution in [0.15, 0.2) is 10.1 Å². The number of rotatable bonds is 1. The third kappa shape index (κ3) is 1.40. The van der Waals surface area contributed by atoms with Crippen LogP contribution >= 0.6 is 27.3 Å². The summed E-state index contributed by atoms with van der Waals surface area (Å²) >= 11 is 5.29. The molecule has 1 N–H and O–H groups in total. The van der Waals surface area contributed by atoms with Gasteiger partial charge in [0.05, 0.1) is 25.8 Å². The number of hydrogen-bond donors (Lipinski definition) is 1. The first-order valence-electron chi connectivity index (χ1n) is 5.21. The first-order valence-corrected chi connectivity index (χ1v) is 6.81. The topological polar surface area (TPSA) is 42.7 Å². The molecular weight excluding hydrogens is 300 g/mol. The highest BCUT2D eigenvalue weighted by Gasteiger charge is 2.16. The number of hydrogen-bond acceptors (Lipinski definition) is 4. The predicted molar refractivity (Wildman–Crippen MR) is 75.9 cm³/mol. The van der Waals surface area contributed by atoms with Crippen LogP contribution in [0.1, 0.15) is 5.56 Å². The maximum Gasteiger partial charge on any atom is 0.154 e. The van der Waals surface area contributed by atoms with Crippen molar-refractivity contribution in [1.82, 2.24) is 14.5 Å². The summed E-state index contributed by atoms with van der Waals surface area (Å²) in [5.41, 5.74) is 4.29. The number of pyridine rings is 1. The molecule has 3 aromatic heterocycles. The second-order valence-electron chi connectivity index (χ2n) is 3.94. The Hall–Kier alpha value is -1.14. The number of thiophene rings is 1. The minimum atomic E-state index is 0.835. The number of nitrogens with one attached hydrogen (secondary N) is 1. The highest BCUT2D eigenvalue weighted by atomic mass is 79.9. The zero-order valence-corrected chi connectivity index (χ0v) is 12.1. The van der Waals surface area contributed by atoms with Gasteiger partial charge in [-0.1, -0.05) is 0 Å². The van der Waals surface area contributed by atoms with Crippen LogP contribution in [0, 0.1) is 6.92 Å². The highest BCUT2D eigenvalue weighted by molar-refractivity contribution is 9.11. The van der Waals surface area contributed by atoms with Gasteiger partial charge in [-0.25, -0.2) is 9.97 Å². The van der Waals surface area contributed by atoms with Gasteiger partial charge in [0.25, 0.3) is 0 Å². The molecule has 0 saturated carbocycles. The van der Waals surface area contributed by atoms with E-state index in [1.807, 2.05) is 25.0 Å². The quantitative estimate of drug-likeness (QED) is 0.750. The molecule has 0 spiro atoms. The Labute approximate surface area is 111 Å². The van der Waals surface area contributed by atoms with Gasteiger partial charge in [-0.2, -0.15) is 0 Å². The van der Waals surface area contributed by atoms with E-state index < -0.39 is 0 Å². The fourth-order valence-electron chi connectivity index (χ4n) is 1.98. The molecule has 0 saturated heterocycles. The maximum atomic E-state index is 4.65. The van der Waals surface area contributed by atoms with Crippen LogP contribution in [0.2, 0.25) is 0 Å². The number of anilines is 1. The summed E-state index contributed by atoms with van der Waals surface area (Å²) in [6.07, 6.45) is 1.83. The summed E-state index contributed by atoms with van der Waals surface area (Å²) in [7, 11) is 3.89. The number of imidazole rings is 1. The van der Waals surface area contributed by atoms with Crippen LogP contribution in [0.5, 0.6) is 0 Å². The van der Waals surface area contributed by atoms with Crippen molar-refractivity contribution in [3.63, 3.8) is 0 Å². The van der Waals surface area contributed by atoms with Crippen LogP contribution in [0.4, 0.5) is 5.82 Å². The van der Waals surface area contributed by atoms with Gasteiger partial charge < -0.3 is 9.88 Å². The van der Waals surface area contributed by atoms with E-state index in [0.717, 1.165) is 26.2 Å². The number of aromatic nitrogens is 3. The predicted octanol–water partition coefficient (Wildman–Crippen LogP) is 3.30. The molecule has 88 valence electrons. The Morgan fingerprint density at radius 3 is 2.88 bits per heavy atom. The number of aryl methyl sites for hydroxylation is 2. The molecule has 0 bridgehead atoms. The second-order valence-corrected chi connectivity index (χ2v) is 6.28. The normalized spacial score (nSPS) is 11.5. The van der Waals surface area contributed by atoms with Gasteiger partial charge >= 0.3 is 0 Å². The van der Waals surface area contributed by atoms with E-state index in [0.29, 0.717) is 0 Å². The summed E-state index contributed by atoms with van der Waals surface area (Å²) < 4.78 is 4.36. The Morgan fingerprint density at radius 2 is 2.18 bits per heavy atom. The van der Waals surface area contributed by atoms with Crippen molar-refractivity contribution < 1.29 is 0 Å². The van der Waals surface area contributed by atoms with Crippen LogP contribution in [0.25, 0.3) is 21.3 Å². The van der Waals surface area contributed by atoms with Crippen LogP contribution < -0.4 is 5.32 Å². The van der Waals surface area contributed by atoms with Crippen molar-refractivity contribution in [3.8, 4) is 0 Å². The third-order valence-corrected chi connectivity index (χ3v) is 5.05. The van der Waals surface area contributed by atoms with Gasteiger partial charge in [0, 0.05) is 19.7 Å². The van der Waals surface area contributed by atoms with Crippen molar-refractivity contribution in [2.75, 3.05) is 12.4 Å². The zero-order valence-electron chi connectivity index (χ0n) is 9.71. The van der Waals surface area contributed by atoms with Crippen LogP contribution in [0.3, 0.4) is 0 Å². The molecule has 0 radical (unpaired) electrons. The monoisotopic (exact) mass is 310 g/mol. The van der Waals surface area contributed by atoms with Gasteiger partial charge in [-0.15, -0.1) is 11.3 Å². The lowest BCUT2D eigenvalue weighted by Gasteiger charge is -2.03. The maximum absolute atomic E-state index is 4.65. The summed E-state index contributed by atoms with van der Waals surface area (Å²) in [5.74, 6) is 0.835. The molecule has 0 unspecified atom stereocenters. The van der Waals surface area contributed by atoms with Gasteiger partial charge in [-0.3, -0.25) is 0 Å². The molecule has 0 atom stereocenters. The van der Waals surface area contributed by atoms with Crippen molar-refractivity contribution in [2.24, 2.45) is 7.05 Å². The first-order chi connectivity index (χ1) is 8.13. The van der Waals surface area contributed by atoms with Crippen LogP contribution in [-0.2, 0) is 7.05 Å². The van der Waals surface area contributed by atoms with Gasteiger partial charge in [-0.05, 0) is 22.9 Å². The molecule has 0 fully saturated rings. The molecule has 3 heterocycles. The van der Waals surface area contributed by atoms with Crippen molar-refractivity contribution in [1.29, 1.82) is 0 Å². The van der Waals surface area contributed by atoms with E-state index in [1.54, 1.807) is 11.3 Å². The summed E-state index contributed by atoms with van der Waals surface area (Å²) in [6.45, 7) is 2.08. The molecule has 0 aromatic carbocycles. The molecule has 17 heavy (non-hydrogen) atoms. The minimum Gasteiger partial charge on any atom is -0.371 e. The number of halogens is 1. The van der Waals surface area contributed by atoms with Crippen molar-refractivity contribution >= 4 is 54.3 Å². The van der Waals surface area contributed by atoms with Crippen molar-refractivity contribution in [2.45, 2.75) is 6.92 Å². The first kappa shape index (κ1) is 11.0. The lowest BCUT2D eigenvalue weighted by atomic mass is 10.2. The molecular formula is C11H11BrN4S. The molecule has 3 rings (SSSR count). The average Bonchev–Trinajstić information content (AvgIpc) is 2.82. The molecule has 0 aliphatic carbocycles. The fourth-order valence-corrected chi connectivity index (χ4v) is 3.72. The fraction of sp³-hybridized carbons (Fsp3) is 0.273. The lowest BCUT2D eigenvalue weighted by Crippen LogP contribution is -1.95. The number of nitrogens with zero attached hydrogens (tertiary/aromatic N) is 3. The minimum absolute atomic E-state index is 0.835. The molecule has 0 amide bonds. The Bertz CT molecular complexity index is 728. The van der Waals surface area contributed by atoms with Gasteiger partial charge in [0.1, 0.15) is 5.52 Å². The standard InChI is InChI=1S/C11H11BrN4S/c1-5-6-9(17-10(5)12)8-7(11(13-2)15-6)14-4-16(8)3/h4H,1-3H3,(H,13,15). The summed E-state index contributed by atoms with van der Waals surface area (Å²) in [5, 5.41) is 3.11. The van der Waals surface area contributed by atoms with E-state index in [9.17, 15) is 0 Å². The number of fused-ring (bicyclic) bond motifs is 3. The molecule has 6 heteroatoms. The van der Waals surface area contributed by atoms with Crippen LogP contribution in [-0.4, -0.2) is 21.6 Å². The molecule has 3 aromatic rings. The van der Waals surface area contributed by atoms with E-state index in [2.05, 4.69) is 38.1 Å². The smallest absolute Gasteiger partial charge is 0.154 e. The average molecular weight is 311 g/mol. The largest absolute Gasteiger partial charge is 0.371 e. The van der Waals surface area contributed by atoms with E-state index in [4.69, 9.17) is 0 Å². The van der Waals surface area contributed by atoms with E-state index >= 15 is 0 Å². The Balaban J connectivity index is 2.61. The summed E-state index contributed by atoms with van der Waals surface area (Å²) in [6, 6.07) is 0. The lowest BCUT2D eigenvalue weighted by molar-refractivity contribution is 0.951. The van der Waals surface area contributed by atoms with E-state index in [1.165, 1.54) is 10.3 Å². The van der Waals surface area contributed by atoms with E-state index in [-0.39, 0.29) is 0 Å². The highest BCUT2D eigenvalue weighted by Crippen LogP contribution is 2.39. The van der Waals surface area contributed by atoms with Gasteiger partial charge in [0.2, 0.25) is 0 Å². The summed E-state index contributed by atoms with van der Waals surface area (Å²) in [4.78, 5) is 9.06. The molecule has 4 nitrogen and oxygen atoms in total. The zero-order chi connectivity index (χ0) is 12.2. The second kappa shape index (κ2) is 3.68. The van der Waals surface area contributed by atoms with Crippen molar-refractivity contribution in [3.05, 3.63) is 15.7 Å². The Kier molecular flexibility index (Phi) is 2.38. The Morgan fingerprint density at radius 1 is 1.41 bits per heavy atom. The SMILES string of the molecule is CNc1nc2c(C)c(Br)sc2c2c1ncn2C. The molecule has 0 aliphatic heterocycles. The molecule has 0 aliphatic rings. The van der Waals surface area contributed by atoms with Gasteiger partial charge in [0.15, 0.2) is 5.82 Å².